The highest BCUT2D eigenvalue weighted by Gasteiger charge is 2.18. The molecule has 1 aliphatic heterocycles. The first-order chi connectivity index (χ1) is 13.2. The molecule has 142 valence electrons. The lowest BCUT2D eigenvalue weighted by Gasteiger charge is -2.30. The van der Waals surface area contributed by atoms with E-state index in [0.29, 0.717) is 5.92 Å². The highest BCUT2D eigenvalue weighted by atomic mass is 15.3. The first kappa shape index (κ1) is 17.8. The van der Waals surface area contributed by atoms with Crippen LogP contribution in [0.2, 0.25) is 0 Å². The maximum absolute atomic E-state index is 4.89. The number of aryl methyl sites for hydroxylation is 1. The van der Waals surface area contributed by atoms with Gasteiger partial charge in [0.1, 0.15) is 5.82 Å². The Bertz CT molecular complexity index is 932. The fourth-order valence-corrected chi connectivity index (χ4v) is 3.95. The first-order valence-electron chi connectivity index (χ1n) is 9.70. The van der Waals surface area contributed by atoms with E-state index in [0.717, 1.165) is 41.5 Å². The summed E-state index contributed by atoms with van der Waals surface area (Å²) in [6.07, 6.45) is 4.38. The molecule has 0 spiro atoms. The van der Waals surface area contributed by atoms with Gasteiger partial charge in [-0.2, -0.15) is 9.61 Å². The van der Waals surface area contributed by atoms with Crippen molar-refractivity contribution in [3.8, 4) is 11.3 Å². The molecule has 0 radical (unpaired) electrons. The highest BCUT2D eigenvalue weighted by molar-refractivity contribution is 5.75. The van der Waals surface area contributed by atoms with Gasteiger partial charge in [-0.15, -0.1) is 0 Å². The standard InChI is InChI=1S/C21H28N6/c1-15-7-4-5-9-17(15)18-11-20(23-12-16-8-6-10-26(3)14-16)27-21(25-18)19(22-2)13-24-27/h4-5,7,9,11,13,16,22-23H,6,8,10,12,14H2,1-3H3. The maximum Gasteiger partial charge on any atom is 0.181 e. The molecule has 2 N–H and O–H groups in total. The van der Waals surface area contributed by atoms with E-state index in [1.165, 1.54) is 24.9 Å². The third kappa shape index (κ3) is 3.62. The summed E-state index contributed by atoms with van der Waals surface area (Å²) in [6.45, 7) is 5.43. The van der Waals surface area contributed by atoms with Crippen molar-refractivity contribution in [1.29, 1.82) is 0 Å². The number of benzene rings is 1. The van der Waals surface area contributed by atoms with Crippen LogP contribution in [0, 0.1) is 12.8 Å². The monoisotopic (exact) mass is 364 g/mol. The minimum Gasteiger partial charge on any atom is -0.384 e. The second-order valence-corrected chi connectivity index (χ2v) is 7.54. The number of aromatic nitrogens is 3. The van der Waals surface area contributed by atoms with Crippen molar-refractivity contribution < 1.29 is 0 Å². The molecule has 6 nitrogen and oxygen atoms in total. The Morgan fingerprint density at radius 3 is 2.89 bits per heavy atom. The Labute approximate surface area is 160 Å². The van der Waals surface area contributed by atoms with Crippen molar-refractivity contribution in [3.05, 3.63) is 42.1 Å². The molecular weight excluding hydrogens is 336 g/mol. The van der Waals surface area contributed by atoms with Gasteiger partial charge in [0, 0.05) is 31.8 Å². The van der Waals surface area contributed by atoms with Crippen molar-refractivity contribution in [3.63, 3.8) is 0 Å². The Kier molecular flexibility index (Phi) is 4.99. The van der Waals surface area contributed by atoms with E-state index in [1.54, 1.807) is 0 Å². The number of hydrogen-bond donors (Lipinski definition) is 2. The molecule has 1 fully saturated rings. The molecule has 1 unspecified atom stereocenters. The van der Waals surface area contributed by atoms with Crippen molar-refractivity contribution in [2.45, 2.75) is 19.8 Å². The second kappa shape index (κ2) is 7.56. The zero-order chi connectivity index (χ0) is 18.8. The van der Waals surface area contributed by atoms with Crippen molar-refractivity contribution >= 4 is 17.2 Å². The van der Waals surface area contributed by atoms with Crippen LogP contribution in [-0.4, -0.2) is 53.2 Å². The van der Waals surface area contributed by atoms with Crippen LogP contribution in [0.25, 0.3) is 16.9 Å². The van der Waals surface area contributed by atoms with Gasteiger partial charge in [-0.3, -0.25) is 0 Å². The van der Waals surface area contributed by atoms with Gasteiger partial charge in [0.05, 0.1) is 17.6 Å². The predicted octanol–water partition coefficient (Wildman–Crippen LogP) is 3.50. The Morgan fingerprint density at radius 2 is 2.11 bits per heavy atom. The molecule has 3 heterocycles. The predicted molar refractivity (Wildman–Crippen MR) is 111 cm³/mol. The molecule has 3 aromatic rings. The van der Waals surface area contributed by atoms with E-state index in [2.05, 4.69) is 64.9 Å². The van der Waals surface area contributed by atoms with Gasteiger partial charge < -0.3 is 15.5 Å². The fraction of sp³-hybridized carbons (Fsp3) is 0.429. The summed E-state index contributed by atoms with van der Waals surface area (Å²) in [5, 5.41) is 11.4. The largest absolute Gasteiger partial charge is 0.384 e. The lowest BCUT2D eigenvalue weighted by molar-refractivity contribution is 0.217. The summed E-state index contributed by atoms with van der Waals surface area (Å²) in [5.74, 6) is 1.65. The molecule has 0 saturated carbocycles. The minimum atomic E-state index is 0.660. The molecule has 1 atom stereocenters. The molecule has 1 saturated heterocycles. The first-order valence-corrected chi connectivity index (χ1v) is 9.70. The van der Waals surface area contributed by atoms with Crippen LogP contribution < -0.4 is 10.6 Å². The van der Waals surface area contributed by atoms with Crippen molar-refractivity contribution in [1.82, 2.24) is 19.5 Å². The number of rotatable bonds is 5. The summed E-state index contributed by atoms with van der Waals surface area (Å²) in [7, 11) is 4.11. The molecule has 1 aliphatic rings. The van der Waals surface area contributed by atoms with Crippen LogP contribution in [0.15, 0.2) is 36.5 Å². The number of nitrogens with one attached hydrogen (secondary N) is 2. The Balaban J connectivity index is 1.70. The van der Waals surface area contributed by atoms with E-state index in [-0.39, 0.29) is 0 Å². The average Bonchev–Trinajstić information content (AvgIpc) is 3.09. The molecule has 6 heteroatoms. The molecule has 0 bridgehead atoms. The summed E-state index contributed by atoms with van der Waals surface area (Å²) in [5.41, 5.74) is 5.14. The number of piperidine rings is 1. The van der Waals surface area contributed by atoms with E-state index in [1.807, 2.05) is 17.8 Å². The van der Waals surface area contributed by atoms with Crippen LogP contribution in [0.3, 0.4) is 0 Å². The van der Waals surface area contributed by atoms with E-state index in [4.69, 9.17) is 4.98 Å². The van der Waals surface area contributed by atoms with Crippen LogP contribution in [-0.2, 0) is 0 Å². The Hall–Kier alpha value is -2.60. The second-order valence-electron chi connectivity index (χ2n) is 7.54. The third-order valence-electron chi connectivity index (χ3n) is 5.46. The Morgan fingerprint density at radius 1 is 1.26 bits per heavy atom. The summed E-state index contributed by atoms with van der Waals surface area (Å²) in [6, 6.07) is 10.5. The number of nitrogens with zero attached hydrogens (tertiary/aromatic N) is 4. The number of anilines is 2. The fourth-order valence-electron chi connectivity index (χ4n) is 3.95. The van der Waals surface area contributed by atoms with Gasteiger partial charge in [-0.05, 0) is 44.8 Å². The molecular formula is C21H28N6. The van der Waals surface area contributed by atoms with Gasteiger partial charge in [-0.1, -0.05) is 24.3 Å². The van der Waals surface area contributed by atoms with Crippen LogP contribution in [0.4, 0.5) is 11.5 Å². The molecule has 0 amide bonds. The van der Waals surface area contributed by atoms with Crippen molar-refractivity contribution in [2.24, 2.45) is 5.92 Å². The van der Waals surface area contributed by atoms with E-state index < -0.39 is 0 Å². The quantitative estimate of drug-likeness (QED) is 0.726. The van der Waals surface area contributed by atoms with Crippen LogP contribution in [0.1, 0.15) is 18.4 Å². The van der Waals surface area contributed by atoms with Gasteiger partial charge in [-0.25, -0.2) is 4.98 Å². The third-order valence-corrected chi connectivity index (χ3v) is 5.46. The van der Waals surface area contributed by atoms with Crippen molar-refractivity contribution in [2.75, 3.05) is 44.4 Å². The molecule has 0 aliphatic carbocycles. The van der Waals surface area contributed by atoms with Gasteiger partial charge in [0.25, 0.3) is 0 Å². The molecule has 27 heavy (non-hydrogen) atoms. The zero-order valence-corrected chi connectivity index (χ0v) is 16.4. The zero-order valence-electron chi connectivity index (χ0n) is 16.4. The normalized spacial score (nSPS) is 18.0. The number of likely N-dealkylation sites (tertiary alicyclic amines) is 1. The topological polar surface area (TPSA) is 57.5 Å². The lowest BCUT2D eigenvalue weighted by atomic mass is 9.98. The number of fused-ring (bicyclic) bond motifs is 1. The lowest BCUT2D eigenvalue weighted by Crippen LogP contribution is -2.35. The van der Waals surface area contributed by atoms with Gasteiger partial charge >= 0.3 is 0 Å². The minimum absolute atomic E-state index is 0.660. The summed E-state index contributed by atoms with van der Waals surface area (Å²) < 4.78 is 1.90. The molecule has 1 aromatic carbocycles. The molecule has 2 aromatic heterocycles. The SMILES string of the molecule is CNc1cnn2c(NCC3CCCN(C)C3)cc(-c3ccccc3C)nc12. The number of hydrogen-bond acceptors (Lipinski definition) is 5. The summed E-state index contributed by atoms with van der Waals surface area (Å²) >= 11 is 0. The highest BCUT2D eigenvalue weighted by Crippen LogP contribution is 2.28. The molecule has 4 rings (SSSR count). The van der Waals surface area contributed by atoms with E-state index in [9.17, 15) is 0 Å². The van der Waals surface area contributed by atoms with Crippen LogP contribution >= 0.6 is 0 Å². The smallest absolute Gasteiger partial charge is 0.181 e. The maximum atomic E-state index is 4.89. The van der Waals surface area contributed by atoms with Crippen LogP contribution in [0.5, 0.6) is 0 Å². The van der Waals surface area contributed by atoms with Gasteiger partial charge in [0.15, 0.2) is 5.65 Å². The van der Waals surface area contributed by atoms with Gasteiger partial charge in [0.2, 0.25) is 0 Å². The average molecular weight is 364 g/mol. The summed E-state index contributed by atoms with van der Waals surface area (Å²) in [4.78, 5) is 7.31. The van der Waals surface area contributed by atoms with E-state index >= 15 is 0 Å².